The van der Waals surface area contributed by atoms with Gasteiger partial charge in [0.05, 0.1) is 19.1 Å². The number of H-pyrrole nitrogens is 1. The van der Waals surface area contributed by atoms with Gasteiger partial charge in [-0.2, -0.15) is 0 Å². The van der Waals surface area contributed by atoms with Crippen LogP contribution < -0.4 is 9.47 Å². The summed E-state index contributed by atoms with van der Waals surface area (Å²) in [6.45, 7) is 1.29. The van der Waals surface area contributed by atoms with E-state index in [4.69, 9.17) is 13.9 Å². The average Bonchev–Trinajstić information content (AvgIpc) is 3.41. The lowest BCUT2D eigenvalue weighted by atomic mass is 10.1. The number of hydrogen-bond donors (Lipinski definition) is 2. The lowest BCUT2D eigenvalue weighted by molar-refractivity contribution is 0.0745. The van der Waals surface area contributed by atoms with Crippen molar-refractivity contribution in [2.24, 2.45) is 0 Å². The van der Waals surface area contributed by atoms with Gasteiger partial charge >= 0.3 is 0 Å². The number of aromatic amines is 1. The quantitative estimate of drug-likeness (QED) is 0.440. The number of fused-ring (bicyclic) bond motifs is 1. The molecule has 4 rings (SSSR count). The number of methoxy groups -OCH3 is 1. The minimum Gasteiger partial charge on any atom is -0.497 e. The number of aliphatic hydroxyl groups excluding tert-OH is 1. The highest BCUT2D eigenvalue weighted by Gasteiger charge is 2.18. The summed E-state index contributed by atoms with van der Waals surface area (Å²) in [7, 11) is 3.59. The molecule has 0 aliphatic rings. The summed E-state index contributed by atoms with van der Waals surface area (Å²) in [5.74, 6) is 2.23. The number of rotatable bonds is 9. The standard InChI is InChI=1S/C23H25N3O4/c1-26(13-16(27)15-30-18-9-7-17(28-2)8-10-18)14-20-19-5-3-11-24-23(19)25-22(20)21-6-4-12-29-21/h3-12,16,27H,13-15H2,1-2H3,(H,24,25)/t16-/m0/s1. The largest absolute Gasteiger partial charge is 0.497 e. The minimum absolute atomic E-state index is 0.206. The number of likely N-dealkylation sites (N-methyl/N-ethyl adjacent to an activating group) is 1. The van der Waals surface area contributed by atoms with Crippen molar-refractivity contribution in [3.05, 3.63) is 66.6 Å². The maximum Gasteiger partial charge on any atom is 0.150 e. The van der Waals surface area contributed by atoms with Gasteiger partial charge in [0.25, 0.3) is 0 Å². The van der Waals surface area contributed by atoms with E-state index < -0.39 is 6.10 Å². The summed E-state index contributed by atoms with van der Waals surface area (Å²) in [6, 6.07) is 15.0. The number of aliphatic hydroxyl groups is 1. The van der Waals surface area contributed by atoms with Crippen LogP contribution in [0.4, 0.5) is 0 Å². The molecule has 0 saturated heterocycles. The predicted molar refractivity (Wildman–Crippen MR) is 115 cm³/mol. The Balaban J connectivity index is 1.41. The molecule has 1 aromatic carbocycles. The number of benzene rings is 1. The van der Waals surface area contributed by atoms with Crippen molar-refractivity contribution in [2.75, 3.05) is 27.3 Å². The fraction of sp³-hybridized carbons (Fsp3) is 0.261. The van der Waals surface area contributed by atoms with Crippen molar-refractivity contribution in [3.63, 3.8) is 0 Å². The van der Waals surface area contributed by atoms with E-state index in [2.05, 4.69) is 14.9 Å². The molecular weight excluding hydrogens is 382 g/mol. The first-order valence-corrected chi connectivity index (χ1v) is 9.77. The summed E-state index contributed by atoms with van der Waals surface area (Å²) >= 11 is 0. The Bertz CT molecular complexity index is 1070. The van der Waals surface area contributed by atoms with Crippen LogP contribution in [0.5, 0.6) is 11.5 Å². The second-order valence-electron chi connectivity index (χ2n) is 7.19. The molecule has 0 radical (unpaired) electrons. The predicted octanol–water partition coefficient (Wildman–Crippen LogP) is 3.70. The molecule has 3 aromatic heterocycles. The van der Waals surface area contributed by atoms with Crippen LogP contribution in [0.25, 0.3) is 22.5 Å². The maximum absolute atomic E-state index is 10.4. The van der Waals surface area contributed by atoms with Crippen LogP contribution in [0, 0.1) is 0 Å². The summed E-state index contributed by atoms with van der Waals surface area (Å²) in [5.41, 5.74) is 2.80. The fourth-order valence-electron chi connectivity index (χ4n) is 3.48. The van der Waals surface area contributed by atoms with Crippen LogP contribution in [0.15, 0.2) is 65.4 Å². The maximum atomic E-state index is 10.4. The third-order valence-corrected chi connectivity index (χ3v) is 4.90. The van der Waals surface area contributed by atoms with Crippen molar-refractivity contribution in [1.29, 1.82) is 0 Å². The lowest BCUT2D eigenvalue weighted by Crippen LogP contribution is -2.32. The summed E-state index contributed by atoms with van der Waals surface area (Å²) < 4.78 is 16.4. The fourth-order valence-corrected chi connectivity index (χ4v) is 3.48. The monoisotopic (exact) mass is 407 g/mol. The van der Waals surface area contributed by atoms with Gasteiger partial charge in [0.15, 0.2) is 0 Å². The highest BCUT2D eigenvalue weighted by Crippen LogP contribution is 2.30. The summed E-state index contributed by atoms with van der Waals surface area (Å²) in [4.78, 5) is 9.83. The molecule has 0 unspecified atom stereocenters. The van der Waals surface area contributed by atoms with E-state index in [9.17, 15) is 5.11 Å². The van der Waals surface area contributed by atoms with E-state index in [0.29, 0.717) is 18.8 Å². The number of nitrogens with zero attached hydrogens (tertiary/aromatic N) is 2. The van der Waals surface area contributed by atoms with E-state index >= 15 is 0 Å². The molecule has 0 aliphatic carbocycles. The Kier molecular flexibility index (Phi) is 6.02. The highest BCUT2D eigenvalue weighted by molar-refractivity contribution is 5.87. The van der Waals surface area contributed by atoms with Crippen LogP contribution in [-0.2, 0) is 6.54 Å². The van der Waals surface area contributed by atoms with E-state index in [1.807, 2.05) is 55.6 Å². The smallest absolute Gasteiger partial charge is 0.150 e. The summed E-state index contributed by atoms with van der Waals surface area (Å²) in [6.07, 6.45) is 2.79. The normalized spacial score (nSPS) is 12.4. The molecule has 30 heavy (non-hydrogen) atoms. The third kappa shape index (κ3) is 4.48. The van der Waals surface area contributed by atoms with Crippen molar-refractivity contribution in [1.82, 2.24) is 14.9 Å². The first-order chi connectivity index (χ1) is 14.6. The molecule has 1 atom stereocenters. The zero-order chi connectivity index (χ0) is 20.9. The number of ether oxygens (including phenoxy) is 2. The van der Waals surface area contributed by atoms with Crippen molar-refractivity contribution < 1.29 is 19.0 Å². The van der Waals surface area contributed by atoms with Crippen LogP contribution >= 0.6 is 0 Å². The van der Waals surface area contributed by atoms with Gasteiger partial charge < -0.3 is 24.0 Å². The number of pyridine rings is 1. The first-order valence-electron chi connectivity index (χ1n) is 9.77. The van der Waals surface area contributed by atoms with Gasteiger partial charge in [0.2, 0.25) is 0 Å². The molecule has 0 aliphatic heterocycles. The molecule has 0 bridgehead atoms. The molecule has 0 spiro atoms. The van der Waals surface area contributed by atoms with E-state index in [1.165, 1.54) is 0 Å². The molecule has 7 nitrogen and oxygen atoms in total. The van der Waals surface area contributed by atoms with Crippen LogP contribution in [-0.4, -0.2) is 53.4 Å². The third-order valence-electron chi connectivity index (χ3n) is 4.90. The van der Waals surface area contributed by atoms with Gasteiger partial charge in [-0.15, -0.1) is 0 Å². The van der Waals surface area contributed by atoms with Crippen LogP contribution in [0.1, 0.15) is 5.56 Å². The molecule has 2 N–H and O–H groups in total. The van der Waals surface area contributed by atoms with E-state index in [0.717, 1.165) is 33.8 Å². The highest BCUT2D eigenvalue weighted by atomic mass is 16.5. The SMILES string of the molecule is COc1ccc(OC[C@@H](O)CN(C)Cc2c(-c3ccco3)[nH]c3ncccc23)cc1. The van der Waals surface area contributed by atoms with Crippen LogP contribution in [0.3, 0.4) is 0 Å². The van der Waals surface area contributed by atoms with Crippen molar-refractivity contribution in [2.45, 2.75) is 12.6 Å². The Hall–Kier alpha value is -3.29. The van der Waals surface area contributed by atoms with Gasteiger partial charge in [0, 0.05) is 30.2 Å². The van der Waals surface area contributed by atoms with Gasteiger partial charge in [-0.1, -0.05) is 0 Å². The minimum atomic E-state index is -0.632. The first kappa shape index (κ1) is 20.0. The van der Waals surface area contributed by atoms with Crippen molar-refractivity contribution in [3.8, 4) is 23.0 Å². The second kappa shape index (κ2) is 9.02. The molecule has 0 amide bonds. The Morgan fingerprint density at radius 3 is 2.67 bits per heavy atom. The Labute approximate surface area is 174 Å². The number of hydrogen-bond acceptors (Lipinski definition) is 6. The molecular formula is C23H25N3O4. The van der Waals surface area contributed by atoms with Gasteiger partial charge in [-0.3, -0.25) is 4.90 Å². The number of aromatic nitrogens is 2. The molecule has 7 heteroatoms. The molecule has 0 saturated carbocycles. The lowest BCUT2D eigenvalue weighted by Gasteiger charge is -2.21. The molecule has 3 heterocycles. The molecule has 4 aromatic rings. The van der Waals surface area contributed by atoms with Crippen molar-refractivity contribution >= 4 is 11.0 Å². The second-order valence-corrected chi connectivity index (χ2v) is 7.19. The number of furan rings is 1. The van der Waals surface area contributed by atoms with Crippen LogP contribution in [0.2, 0.25) is 0 Å². The molecule has 156 valence electrons. The van der Waals surface area contributed by atoms with Gasteiger partial charge in [-0.25, -0.2) is 4.98 Å². The van der Waals surface area contributed by atoms with E-state index in [-0.39, 0.29) is 6.61 Å². The zero-order valence-corrected chi connectivity index (χ0v) is 17.0. The summed E-state index contributed by atoms with van der Waals surface area (Å²) in [5, 5.41) is 11.5. The Morgan fingerprint density at radius 1 is 1.13 bits per heavy atom. The Morgan fingerprint density at radius 2 is 1.93 bits per heavy atom. The molecule has 0 fully saturated rings. The van der Waals surface area contributed by atoms with Gasteiger partial charge in [-0.05, 0) is 55.6 Å². The number of nitrogens with one attached hydrogen (secondary N) is 1. The van der Waals surface area contributed by atoms with Gasteiger partial charge in [0.1, 0.15) is 35.6 Å². The average molecular weight is 407 g/mol. The zero-order valence-electron chi connectivity index (χ0n) is 17.0. The van der Waals surface area contributed by atoms with E-state index in [1.54, 1.807) is 19.6 Å². The topological polar surface area (TPSA) is 83.8 Å².